The van der Waals surface area contributed by atoms with Crippen molar-refractivity contribution in [1.29, 1.82) is 0 Å². The van der Waals surface area contributed by atoms with Crippen LogP contribution >= 0.6 is 0 Å². The number of likely N-dealkylation sites (N-methyl/N-ethyl adjacent to an activating group) is 1. The summed E-state index contributed by atoms with van der Waals surface area (Å²) in [6, 6.07) is -4.23. The van der Waals surface area contributed by atoms with Gasteiger partial charge < -0.3 is 31.7 Å². The van der Waals surface area contributed by atoms with Crippen LogP contribution in [0.4, 0.5) is 0 Å². The number of carboxylic acids is 1. The molecule has 4 rings (SSSR count). The molecule has 5 atom stereocenters. The van der Waals surface area contributed by atoms with Crippen molar-refractivity contribution in [2.75, 3.05) is 7.05 Å². The number of aliphatic carboxylic acids is 1. The maximum Gasteiger partial charge on any atom is 0.326 e. The van der Waals surface area contributed by atoms with Gasteiger partial charge in [-0.2, -0.15) is 0 Å². The van der Waals surface area contributed by atoms with Gasteiger partial charge in [0.2, 0.25) is 23.6 Å². The van der Waals surface area contributed by atoms with Crippen LogP contribution in [0.5, 0.6) is 0 Å². The minimum Gasteiger partial charge on any atom is -0.480 e. The summed E-state index contributed by atoms with van der Waals surface area (Å²) >= 11 is 0. The Morgan fingerprint density at radius 1 is 0.551 bits per heavy atom. The molecule has 4 aliphatic rings. The quantitative estimate of drug-likeness (QED) is 0.177. The minimum atomic E-state index is -1.08. The number of hydrogen-bond acceptors (Lipinski definition) is 6. The number of nitrogens with one attached hydrogen (secondary N) is 3. The lowest BCUT2D eigenvalue weighted by Gasteiger charge is -2.38. The minimum absolute atomic E-state index is 0.0412. The summed E-state index contributed by atoms with van der Waals surface area (Å²) in [5.74, 6) is -3.01. The van der Waals surface area contributed by atoms with Crippen LogP contribution in [0.2, 0.25) is 0 Å². The Balaban J connectivity index is 1.57. The van der Waals surface area contributed by atoms with Gasteiger partial charge in [-0.05, 0) is 81.0 Å². The molecule has 4 aliphatic carbocycles. The summed E-state index contributed by atoms with van der Waals surface area (Å²) < 4.78 is 0. The lowest BCUT2D eigenvalue weighted by atomic mass is 9.80. The predicted molar refractivity (Wildman–Crippen MR) is 189 cm³/mol. The summed E-state index contributed by atoms with van der Waals surface area (Å²) in [6.45, 7) is 3.55. The molecule has 49 heavy (non-hydrogen) atoms. The SMILES string of the molecule is CC(C)[C@H](C(=O)O)N(C)C(=O)[C@H](NC(=O)[C@H](NC(=O)[C@H](NC(=O)[C@H](N)C1CCCCC1)C1CCCCC1)C1CCCCC1)C1CCCCC1. The average molecular weight is 688 g/mol. The summed E-state index contributed by atoms with van der Waals surface area (Å²) in [5.41, 5.74) is 6.49. The van der Waals surface area contributed by atoms with Crippen LogP contribution in [0.3, 0.4) is 0 Å². The molecule has 0 unspecified atom stereocenters. The Labute approximate surface area is 294 Å². The molecule has 4 fully saturated rings. The first kappa shape index (κ1) is 39.1. The molecule has 0 spiro atoms. The second kappa shape index (κ2) is 19.1. The highest BCUT2D eigenvalue weighted by Crippen LogP contribution is 2.32. The van der Waals surface area contributed by atoms with Crippen LogP contribution in [0.25, 0.3) is 0 Å². The highest BCUT2D eigenvalue weighted by atomic mass is 16.4. The van der Waals surface area contributed by atoms with Crippen molar-refractivity contribution in [1.82, 2.24) is 20.9 Å². The summed E-state index contributed by atoms with van der Waals surface area (Å²) in [5, 5.41) is 19.2. The Morgan fingerprint density at radius 2 is 0.878 bits per heavy atom. The van der Waals surface area contributed by atoms with E-state index in [-0.39, 0.29) is 41.4 Å². The van der Waals surface area contributed by atoms with Crippen molar-refractivity contribution in [2.24, 2.45) is 35.3 Å². The number of carbonyl (C=O) groups is 5. The van der Waals surface area contributed by atoms with Crippen LogP contribution in [0, 0.1) is 29.6 Å². The summed E-state index contributed by atoms with van der Waals surface area (Å²) in [6.07, 6.45) is 18.8. The molecule has 278 valence electrons. The zero-order valence-electron chi connectivity index (χ0n) is 30.4. The average Bonchev–Trinajstić information content (AvgIpc) is 3.12. The zero-order chi connectivity index (χ0) is 35.5. The van der Waals surface area contributed by atoms with Crippen LogP contribution in [0.15, 0.2) is 0 Å². The monoisotopic (exact) mass is 687 g/mol. The van der Waals surface area contributed by atoms with Crippen LogP contribution in [-0.2, 0) is 24.0 Å². The Hall–Kier alpha value is -2.69. The molecule has 0 aromatic rings. The van der Waals surface area contributed by atoms with Gasteiger partial charge in [0.05, 0.1) is 6.04 Å². The van der Waals surface area contributed by atoms with E-state index in [1.165, 1.54) is 11.9 Å². The fraction of sp³-hybridized carbons (Fsp3) is 0.868. The van der Waals surface area contributed by atoms with Crippen LogP contribution in [-0.4, -0.2) is 76.9 Å². The lowest BCUT2D eigenvalue weighted by molar-refractivity contribution is -0.153. The Morgan fingerprint density at radius 3 is 1.24 bits per heavy atom. The van der Waals surface area contributed by atoms with Gasteiger partial charge in [-0.25, -0.2) is 4.79 Å². The van der Waals surface area contributed by atoms with E-state index in [1.807, 2.05) is 0 Å². The maximum atomic E-state index is 14.4. The van der Waals surface area contributed by atoms with Gasteiger partial charge in [0.25, 0.3) is 0 Å². The van der Waals surface area contributed by atoms with Crippen molar-refractivity contribution >= 4 is 29.6 Å². The third-order valence-electron chi connectivity index (χ3n) is 12.2. The third kappa shape index (κ3) is 10.7. The molecule has 6 N–H and O–H groups in total. The van der Waals surface area contributed by atoms with E-state index in [0.717, 1.165) is 128 Å². The molecule has 0 saturated heterocycles. The molecule has 4 amide bonds. The van der Waals surface area contributed by atoms with Crippen molar-refractivity contribution in [3.8, 4) is 0 Å². The first-order chi connectivity index (χ1) is 23.5. The van der Waals surface area contributed by atoms with Gasteiger partial charge in [-0.1, -0.05) is 90.9 Å². The molecular formula is C38H65N5O6. The van der Waals surface area contributed by atoms with Crippen LogP contribution in [0.1, 0.15) is 142 Å². The molecule has 11 nitrogen and oxygen atoms in total. The van der Waals surface area contributed by atoms with Gasteiger partial charge >= 0.3 is 5.97 Å². The topological polar surface area (TPSA) is 171 Å². The third-order valence-corrected chi connectivity index (χ3v) is 12.2. The number of nitrogens with zero attached hydrogens (tertiary/aromatic N) is 1. The number of nitrogens with two attached hydrogens (primary N) is 1. The highest BCUT2D eigenvalue weighted by Gasteiger charge is 2.42. The van der Waals surface area contributed by atoms with Gasteiger partial charge in [0, 0.05) is 7.05 Å². The molecule has 0 aromatic heterocycles. The van der Waals surface area contributed by atoms with Gasteiger partial charge in [0.1, 0.15) is 24.2 Å². The van der Waals surface area contributed by atoms with E-state index >= 15 is 0 Å². The van der Waals surface area contributed by atoms with E-state index < -0.39 is 48.0 Å². The zero-order valence-corrected chi connectivity index (χ0v) is 30.4. The van der Waals surface area contributed by atoms with E-state index in [2.05, 4.69) is 16.0 Å². The van der Waals surface area contributed by atoms with E-state index in [0.29, 0.717) is 0 Å². The highest BCUT2D eigenvalue weighted by molar-refractivity contribution is 5.96. The molecule has 0 heterocycles. The largest absolute Gasteiger partial charge is 0.480 e. The number of carbonyl (C=O) groups excluding carboxylic acids is 4. The van der Waals surface area contributed by atoms with E-state index in [4.69, 9.17) is 5.73 Å². The van der Waals surface area contributed by atoms with Crippen molar-refractivity contribution < 1.29 is 29.1 Å². The van der Waals surface area contributed by atoms with Crippen molar-refractivity contribution in [3.63, 3.8) is 0 Å². The second-order valence-corrected chi connectivity index (χ2v) is 16.1. The van der Waals surface area contributed by atoms with Crippen molar-refractivity contribution in [2.45, 2.75) is 172 Å². The Kier molecular flexibility index (Phi) is 15.2. The normalized spacial score (nSPS) is 23.4. The molecule has 0 bridgehead atoms. The Bertz CT molecular complexity index is 1110. The summed E-state index contributed by atoms with van der Waals surface area (Å²) in [7, 11) is 1.51. The van der Waals surface area contributed by atoms with Crippen LogP contribution < -0.4 is 21.7 Å². The first-order valence-corrected chi connectivity index (χ1v) is 19.7. The molecule has 4 saturated carbocycles. The first-order valence-electron chi connectivity index (χ1n) is 19.7. The number of hydrogen-bond donors (Lipinski definition) is 5. The smallest absolute Gasteiger partial charge is 0.326 e. The predicted octanol–water partition coefficient (Wildman–Crippen LogP) is 4.66. The fourth-order valence-electron chi connectivity index (χ4n) is 9.28. The molecule has 0 aromatic carbocycles. The lowest BCUT2D eigenvalue weighted by Crippen LogP contribution is -2.63. The standard InChI is InChI=1S/C38H65N5O6/c1-24(2)33(38(48)49)43(3)37(47)32(28-22-14-7-15-23-28)42-36(46)31(27-20-12-6-13-21-27)41-35(45)30(26-18-10-5-11-19-26)40-34(44)29(39)25-16-8-4-9-17-25/h24-33H,4-23,39H2,1-3H3,(H,40,44)(H,41,45)(H,42,46)(H,48,49)/t29-,30-,31-,32-,33-/m1/s1. The van der Waals surface area contributed by atoms with E-state index in [9.17, 15) is 29.1 Å². The second-order valence-electron chi connectivity index (χ2n) is 16.1. The number of amides is 4. The van der Waals surface area contributed by atoms with Gasteiger partial charge in [0.15, 0.2) is 0 Å². The van der Waals surface area contributed by atoms with E-state index in [1.54, 1.807) is 13.8 Å². The van der Waals surface area contributed by atoms with Crippen molar-refractivity contribution in [3.05, 3.63) is 0 Å². The van der Waals surface area contributed by atoms with Gasteiger partial charge in [-0.15, -0.1) is 0 Å². The molecule has 11 heteroatoms. The summed E-state index contributed by atoms with van der Waals surface area (Å²) in [4.78, 5) is 69.8. The van der Waals surface area contributed by atoms with Gasteiger partial charge in [-0.3, -0.25) is 19.2 Å². The number of carboxylic acid groups (broad SMARTS) is 1. The fourth-order valence-corrected chi connectivity index (χ4v) is 9.28. The molecular weight excluding hydrogens is 622 g/mol. The number of rotatable bonds is 14. The molecule has 0 radical (unpaired) electrons. The molecule has 0 aliphatic heterocycles. The maximum absolute atomic E-state index is 14.4.